The Kier molecular flexibility index (Phi) is 6.37. The van der Waals surface area contributed by atoms with Gasteiger partial charge in [-0.05, 0) is 68.1 Å². The summed E-state index contributed by atoms with van der Waals surface area (Å²) in [5.41, 5.74) is 4.26. The maximum Gasteiger partial charge on any atom is 0.228 e. The van der Waals surface area contributed by atoms with Crippen LogP contribution in [0.5, 0.6) is 0 Å². The second-order valence-corrected chi connectivity index (χ2v) is 7.77. The van der Waals surface area contributed by atoms with Crippen molar-refractivity contribution in [3.05, 3.63) is 72.4 Å². The Morgan fingerprint density at radius 1 is 1.10 bits per heavy atom. The Hall–Kier alpha value is -2.92. The molecule has 1 amide bonds. The number of benzene rings is 2. The lowest BCUT2D eigenvalue weighted by molar-refractivity contribution is -0.121. The number of likely N-dealkylation sites (tertiary alicyclic amines) is 1. The summed E-state index contributed by atoms with van der Waals surface area (Å²) < 4.78 is 0. The summed E-state index contributed by atoms with van der Waals surface area (Å²) in [6.45, 7) is 3.00. The highest BCUT2D eigenvalue weighted by Crippen LogP contribution is 2.22. The van der Waals surface area contributed by atoms with E-state index in [-0.39, 0.29) is 11.8 Å². The molecule has 1 saturated heterocycles. The van der Waals surface area contributed by atoms with Crippen LogP contribution in [0, 0.1) is 5.92 Å². The van der Waals surface area contributed by atoms with Crippen LogP contribution in [0.3, 0.4) is 0 Å². The van der Waals surface area contributed by atoms with Crippen molar-refractivity contribution in [1.29, 1.82) is 0 Å². The van der Waals surface area contributed by atoms with Gasteiger partial charge in [0.25, 0.3) is 0 Å². The molecule has 0 unspecified atom stereocenters. The highest BCUT2D eigenvalue weighted by Gasteiger charge is 2.25. The number of hydrogen-bond acceptors (Lipinski definition) is 3. The number of aryl methyl sites for hydroxylation is 1. The molecule has 1 aliphatic rings. The first-order valence-corrected chi connectivity index (χ1v) is 10.4. The number of rotatable bonds is 7. The zero-order valence-corrected chi connectivity index (χ0v) is 16.7. The number of nitrogens with zero attached hydrogens (tertiary/aromatic N) is 2. The average molecular weight is 389 g/mol. The van der Waals surface area contributed by atoms with Crippen LogP contribution in [-0.2, 0) is 11.2 Å². The van der Waals surface area contributed by atoms with Crippen molar-refractivity contribution in [1.82, 2.24) is 15.1 Å². The van der Waals surface area contributed by atoms with E-state index in [1.54, 1.807) is 6.20 Å². The van der Waals surface area contributed by atoms with Gasteiger partial charge in [0.05, 0.1) is 11.6 Å². The maximum absolute atomic E-state index is 12.8. The van der Waals surface area contributed by atoms with E-state index in [1.807, 2.05) is 30.3 Å². The molecule has 2 N–H and O–H groups in total. The maximum atomic E-state index is 12.8. The average Bonchev–Trinajstić information content (AvgIpc) is 3.30. The number of hydrogen-bond donors (Lipinski definition) is 2. The number of H-pyrrole nitrogens is 1. The number of aromatic amines is 1. The number of nitrogens with one attached hydrogen (secondary N) is 2. The molecule has 0 aliphatic carbocycles. The molecule has 1 fully saturated rings. The summed E-state index contributed by atoms with van der Waals surface area (Å²) in [7, 11) is 0. The first-order chi connectivity index (χ1) is 14.3. The van der Waals surface area contributed by atoms with Crippen molar-refractivity contribution in [2.45, 2.75) is 25.7 Å². The quantitative estimate of drug-likeness (QED) is 0.632. The molecule has 0 spiro atoms. The van der Waals surface area contributed by atoms with E-state index in [4.69, 9.17) is 0 Å². The van der Waals surface area contributed by atoms with Crippen molar-refractivity contribution in [2.24, 2.45) is 5.92 Å². The molecule has 5 heteroatoms. The van der Waals surface area contributed by atoms with Gasteiger partial charge in [0.1, 0.15) is 0 Å². The van der Waals surface area contributed by atoms with Crippen LogP contribution < -0.4 is 5.32 Å². The molecule has 0 radical (unpaired) electrons. The van der Waals surface area contributed by atoms with E-state index < -0.39 is 0 Å². The lowest BCUT2D eigenvalue weighted by atomic mass is 9.96. The second kappa shape index (κ2) is 9.52. The molecular formula is C24H28N4O. The van der Waals surface area contributed by atoms with Crippen molar-refractivity contribution in [2.75, 3.05) is 25.0 Å². The third-order valence-corrected chi connectivity index (χ3v) is 5.62. The fourth-order valence-electron chi connectivity index (χ4n) is 4.02. The minimum Gasteiger partial charge on any atom is -0.326 e. The van der Waals surface area contributed by atoms with Crippen LogP contribution in [0.1, 0.15) is 24.8 Å². The van der Waals surface area contributed by atoms with E-state index >= 15 is 0 Å². The van der Waals surface area contributed by atoms with Crippen molar-refractivity contribution >= 4 is 11.6 Å². The van der Waals surface area contributed by atoms with E-state index in [2.05, 4.69) is 50.7 Å². The van der Waals surface area contributed by atoms with Gasteiger partial charge in [-0.3, -0.25) is 9.89 Å². The molecule has 150 valence electrons. The van der Waals surface area contributed by atoms with Gasteiger partial charge in [-0.2, -0.15) is 5.10 Å². The van der Waals surface area contributed by atoms with Gasteiger partial charge in [-0.25, -0.2) is 0 Å². The molecule has 2 aromatic carbocycles. The van der Waals surface area contributed by atoms with Crippen molar-refractivity contribution in [3.63, 3.8) is 0 Å². The number of anilines is 1. The Morgan fingerprint density at radius 2 is 1.93 bits per heavy atom. The van der Waals surface area contributed by atoms with E-state index in [9.17, 15) is 4.79 Å². The largest absolute Gasteiger partial charge is 0.326 e. The molecule has 29 heavy (non-hydrogen) atoms. The Bertz CT molecular complexity index is 890. The number of piperidine rings is 1. The van der Waals surface area contributed by atoms with Crippen LogP contribution in [-0.4, -0.2) is 40.6 Å². The van der Waals surface area contributed by atoms with Gasteiger partial charge in [-0.1, -0.05) is 42.5 Å². The topological polar surface area (TPSA) is 61.0 Å². The Balaban J connectivity index is 1.26. The van der Waals surface area contributed by atoms with Gasteiger partial charge < -0.3 is 10.2 Å². The Labute approximate surface area is 172 Å². The number of carbonyl (C=O) groups excluding carboxylic acids is 1. The highest BCUT2D eigenvalue weighted by molar-refractivity contribution is 5.93. The third-order valence-electron chi connectivity index (χ3n) is 5.62. The fourth-order valence-corrected chi connectivity index (χ4v) is 4.02. The molecule has 3 aromatic rings. The third kappa shape index (κ3) is 5.33. The fraction of sp³-hybridized carbons (Fsp3) is 0.333. The molecule has 5 nitrogen and oxygen atoms in total. The Morgan fingerprint density at radius 3 is 2.69 bits per heavy atom. The summed E-state index contributed by atoms with van der Waals surface area (Å²) in [5.74, 6) is 0.194. The second-order valence-electron chi connectivity index (χ2n) is 7.77. The summed E-state index contributed by atoms with van der Waals surface area (Å²) in [6.07, 6.45) is 6.01. The number of aromatic nitrogens is 2. The molecule has 1 aromatic heterocycles. The van der Waals surface area contributed by atoms with Crippen molar-refractivity contribution in [3.8, 4) is 11.3 Å². The van der Waals surface area contributed by atoms with E-state index in [0.29, 0.717) is 0 Å². The highest BCUT2D eigenvalue weighted by atomic mass is 16.1. The molecular weight excluding hydrogens is 360 g/mol. The van der Waals surface area contributed by atoms with Crippen LogP contribution in [0.15, 0.2) is 66.9 Å². The summed E-state index contributed by atoms with van der Waals surface area (Å²) in [4.78, 5) is 15.2. The van der Waals surface area contributed by atoms with Gasteiger partial charge in [0.15, 0.2) is 0 Å². The van der Waals surface area contributed by atoms with Crippen molar-refractivity contribution < 1.29 is 4.79 Å². The summed E-state index contributed by atoms with van der Waals surface area (Å²) in [5, 5.41) is 10.0. The summed E-state index contributed by atoms with van der Waals surface area (Å²) in [6, 6.07) is 20.5. The lowest BCUT2D eigenvalue weighted by Crippen LogP contribution is -2.41. The minimum atomic E-state index is 0.0627. The molecule has 2 heterocycles. The zero-order valence-electron chi connectivity index (χ0n) is 16.7. The minimum absolute atomic E-state index is 0.0627. The predicted molar refractivity (Wildman–Crippen MR) is 117 cm³/mol. The standard InChI is InChI=1S/C24H28N4O/c29-24(26-22-12-10-20(11-13-22)23-14-15-25-27-23)21-9-5-17-28(18-21)16-4-8-19-6-2-1-3-7-19/h1-3,6-7,10-15,21H,4-5,8-9,16-18H2,(H,25,27)(H,26,29)/t21-/m0/s1. The smallest absolute Gasteiger partial charge is 0.228 e. The first-order valence-electron chi connectivity index (χ1n) is 10.4. The number of amides is 1. The number of carbonyl (C=O) groups is 1. The van der Waals surface area contributed by atoms with E-state index in [0.717, 1.165) is 62.3 Å². The van der Waals surface area contributed by atoms with Gasteiger partial charge in [-0.15, -0.1) is 0 Å². The zero-order chi connectivity index (χ0) is 19.9. The molecule has 0 saturated carbocycles. The van der Waals surface area contributed by atoms with Crippen LogP contribution >= 0.6 is 0 Å². The molecule has 1 atom stereocenters. The van der Waals surface area contributed by atoms with Crippen LogP contribution in [0.25, 0.3) is 11.3 Å². The van der Waals surface area contributed by atoms with Crippen LogP contribution in [0.2, 0.25) is 0 Å². The monoisotopic (exact) mass is 388 g/mol. The van der Waals surface area contributed by atoms with Gasteiger partial charge >= 0.3 is 0 Å². The molecule has 0 bridgehead atoms. The van der Waals surface area contributed by atoms with Gasteiger partial charge in [0, 0.05) is 18.4 Å². The summed E-state index contributed by atoms with van der Waals surface area (Å²) >= 11 is 0. The van der Waals surface area contributed by atoms with E-state index in [1.165, 1.54) is 5.56 Å². The van der Waals surface area contributed by atoms with Gasteiger partial charge in [0.2, 0.25) is 5.91 Å². The normalized spacial score (nSPS) is 17.2. The first kappa shape index (κ1) is 19.4. The molecule has 1 aliphatic heterocycles. The predicted octanol–water partition coefficient (Wildman–Crippen LogP) is 4.36. The molecule has 4 rings (SSSR count). The lowest BCUT2D eigenvalue weighted by Gasteiger charge is -2.32. The SMILES string of the molecule is O=C(Nc1ccc(-c2ccn[nH]2)cc1)[C@H]1CCCN(CCCc2ccccc2)C1. The van der Waals surface area contributed by atoms with Crippen LogP contribution in [0.4, 0.5) is 5.69 Å².